The van der Waals surface area contributed by atoms with Gasteiger partial charge in [-0.05, 0) is 38.1 Å². The van der Waals surface area contributed by atoms with Gasteiger partial charge in [0, 0.05) is 37.0 Å². The molecule has 2 rings (SSSR count). The van der Waals surface area contributed by atoms with Crippen molar-refractivity contribution in [1.29, 1.82) is 0 Å². The van der Waals surface area contributed by atoms with E-state index in [1.165, 1.54) is 5.69 Å². The Balaban J connectivity index is 2.15. The maximum Gasteiger partial charge on any atom is 0.135 e. The molecule has 0 atom stereocenters. The molecule has 0 spiro atoms. The minimum Gasteiger partial charge on any atom is -0.372 e. The molecule has 1 N–H and O–H groups in total. The normalized spacial score (nSPS) is 10.5. The number of hydrogen-bond donors (Lipinski definition) is 1. The second-order valence-corrected chi connectivity index (χ2v) is 5.08. The Bertz CT molecular complexity index is 579. The number of aryl methyl sites for hydroxylation is 1. The Morgan fingerprint density at radius 1 is 1.05 bits per heavy atom. The first-order valence-corrected chi connectivity index (χ1v) is 7.69. The summed E-state index contributed by atoms with van der Waals surface area (Å²) in [6.45, 7) is 8.33. The second-order valence-electron chi connectivity index (χ2n) is 4.69. The van der Waals surface area contributed by atoms with E-state index < -0.39 is 0 Å². The van der Waals surface area contributed by atoms with Crippen LogP contribution in [0.25, 0.3) is 0 Å². The molecule has 0 aliphatic rings. The molecule has 0 bridgehead atoms. The summed E-state index contributed by atoms with van der Waals surface area (Å²) < 4.78 is 0. The van der Waals surface area contributed by atoms with Crippen molar-refractivity contribution in [2.75, 3.05) is 23.3 Å². The van der Waals surface area contributed by atoms with Crippen LogP contribution in [0.5, 0.6) is 0 Å². The first-order chi connectivity index (χ1) is 10.2. The topological polar surface area (TPSA) is 41.1 Å². The molecule has 1 aromatic carbocycles. The van der Waals surface area contributed by atoms with Gasteiger partial charge in [-0.3, -0.25) is 0 Å². The summed E-state index contributed by atoms with van der Waals surface area (Å²) in [5, 5.41) is 3.73. The zero-order valence-electron chi connectivity index (χ0n) is 12.7. The summed E-state index contributed by atoms with van der Waals surface area (Å²) in [5.74, 6) is 1.47. The molecule has 0 aliphatic heterocycles. The molecule has 1 aromatic heterocycles. The molecule has 112 valence electrons. The molecule has 0 saturated heterocycles. The molecule has 21 heavy (non-hydrogen) atoms. The lowest BCUT2D eigenvalue weighted by Crippen LogP contribution is -2.21. The Morgan fingerprint density at radius 2 is 1.71 bits per heavy atom. The van der Waals surface area contributed by atoms with Gasteiger partial charge in [-0.2, -0.15) is 0 Å². The molecule has 5 heteroatoms. The van der Waals surface area contributed by atoms with Gasteiger partial charge in [0.15, 0.2) is 0 Å². The average molecular weight is 305 g/mol. The quantitative estimate of drug-likeness (QED) is 0.809. The predicted molar refractivity (Wildman–Crippen MR) is 89.7 cm³/mol. The van der Waals surface area contributed by atoms with Crippen molar-refractivity contribution in [3.63, 3.8) is 0 Å². The van der Waals surface area contributed by atoms with Gasteiger partial charge in [-0.15, -0.1) is 0 Å². The van der Waals surface area contributed by atoms with E-state index in [4.69, 9.17) is 11.6 Å². The van der Waals surface area contributed by atoms with Gasteiger partial charge in [0.2, 0.25) is 0 Å². The largest absolute Gasteiger partial charge is 0.372 e. The summed E-state index contributed by atoms with van der Waals surface area (Å²) in [6, 6.07) is 10.1. The fourth-order valence-corrected chi connectivity index (χ4v) is 2.38. The van der Waals surface area contributed by atoms with Crippen LogP contribution in [0.1, 0.15) is 26.6 Å². The number of rotatable bonds is 6. The molecule has 4 nitrogen and oxygen atoms in total. The Kier molecular flexibility index (Phi) is 5.39. The van der Waals surface area contributed by atoms with E-state index in [-0.39, 0.29) is 0 Å². The summed E-state index contributed by atoms with van der Waals surface area (Å²) in [4.78, 5) is 10.9. The molecular formula is C16H21ClN4. The van der Waals surface area contributed by atoms with Gasteiger partial charge in [-0.25, -0.2) is 9.97 Å². The SMILES string of the molecule is CCc1nc(Cl)cc(Nc2ccc(N(CC)CC)cc2)n1. The lowest BCUT2D eigenvalue weighted by molar-refractivity contribution is 0.866. The zero-order valence-corrected chi connectivity index (χ0v) is 13.5. The van der Waals surface area contributed by atoms with Gasteiger partial charge in [-0.1, -0.05) is 18.5 Å². The summed E-state index contributed by atoms with van der Waals surface area (Å²) in [6.07, 6.45) is 0.760. The monoisotopic (exact) mass is 304 g/mol. The fourth-order valence-electron chi connectivity index (χ4n) is 2.18. The third-order valence-electron chi connectivity index (χ3n) is 3.33. The standard InChI is InChI=1S/C16H21ClN4/c1-4-15-19-14(17)11-16(20-15)18-12-7-9-13(10-8-12)21(5-2)6-3/h7-11H,4-6H2,1-3H3,(H,18,19,20). The van der Waals surface area contributed by atoms with Crippen LogP contribution in [0.15, 0.2) is 30.3 Å². The lowest BCUT2D eigenvalue weighted by Gasteiger charge is -2.21. The molecule has 0 aliphatic carbocycles. The molecule has 0 saturated carbocycles. The zero-order chi connectivity index (χ0) is 15.2. The van der Waals surface area contributed by atoms with Crippen LogP contribution in [0, 0.1) is 0 Å². The lowest BCUT2D eigenvalue weighted by atomic mass is 10.2. The highest BCUT2D eigenvalue weighted by Gasteiger charge is 2.04. The van der Waals surface area contributed by atoms with Crippen LogP contribution < -0.4 is 10.2 Å². The van der Waals surface area contributed by atoms with Crippen LogP contribution in [0.3, 0.4) is 0 Å². The van der Waals surface area contributed by atoms with Crippen LogP contribution in [-0.4, -0.2) is 23.1 Å². The summed E-state index contributed by atoms with van der Waals surface area (Å²) in [5.41, 5.74) is 2.21. The van der Waals surface area contributed by atoms with Crippen molar-refractivity contribution in [2.45, 2.75) is 27.2 Å². The Hall–Kier alpha value is -1.81. The second kappa shape index (κ2) is 7.27. The first-order valence-electron chi connectivity index (χ1n) is 7.31. The van der Waals surface area contributed by atoms with Gasteiger partial charge in [0.25, 0.3) is 0 Å². The molecular weight excluding hydrogens is 284 g/mol. The van der Waals surface area contributed by atoms with Crippen molar-refractivity contribution in [2.24, 2.45) is 0 Å². The van der Waals surface area contributed by atoms with Crippen molar-refractivity contribution in [3.05, 3.63) is 41.3 Å². The smallest absolute Gasteiger partial charge is 0.135 e. The first kappa shape index (κ1) is 15.6. The Labute approximate surface area is 131 Å². The molecule has 0 radical (unpaired) electrons. The van der Waals surface area contributed by atoms with Crippen molar-refractivity contribution in [1.82, 2.24) is 9.97 Å². The van der Waals surface area contributed by atoms with E-state index in [1.807, 2.05) is 6.92 Å². The molecule has 0 amide bonds. The van der Waals surface area contributed by atoms with E-state index in [1.54, 1.807) is 6.07 Å². The van der Waals surface area contributed by atoms with Crippen LogP contribution in [0.2, 0.25) is 5.15 Å². The number of hydrogen-bond acceptors (Lipinski definition) is 4. The fraction of sp³-hybridized carbons (Fsp3) is 0.375. The number of benzene rings is 1. The van der Waals surface area contributed by atoms with Crippen molar-refractivity contribution in [3.8, 4) is 0 Å². The van der Waals surface area contributed by atoms with Crippen molar-refractivity contribution >= 4 is 28.8 Å². The van der Waals surface area contributed by atoms with E-state index in [2.05, 4.69) is 58.3 Å². The van der Waals surface area contributed by atoms with Crippen molar-refractivity contribution < 1.29 is 0 Å². The number of aromatic nitrogens is 2. The summed E-state index contributed by atoms with van der Waals surface area (Å²) >= 11 is 6.00. The average Bonchev–Trinajstić information content (AvgIpc) is 2.49. The van der Waals surface area contributed by atoms with Crippen LogP contribution >= 0.6 is 11.6 Å². The minimum atomic E-state index is 0.462. The maximum absolute atomic E-state index is 6.00. The van der Waals surface area contributed by atoms with E-state index in [0.29, 0.717) is 5.15 Å². The molecule has 1 heterocycles. The summed E-state index contributed by atoms with van der Waals surface area (Å²) in [7, 11) is 0. The number of halogens is 1. The third-order valence-corrected chi connectivity index (χ3v) is 3.52. The molecule has 0 fully saturated rings. The van der Waals surface area contributed by atoms with E-state index in [9.17, 15) is 0 Å². The highest BCUT2D eigenvalue weighted by Crippen LogP contribution is 2.21. The highest BCUT2D eigenvalue weighted by molar-refractivity contribution is 6.29. The van der Waals surface area contributed by atoms with E-state index >= 15 is 0 Å². The third kappa shape index (κ3) is 4.08. The molecule has 0 unspecified atom stereocenters. The van der Waals surface area contributed by atoms with E-state index in [0.717, 1.165) is 36.8 Å². The number of nitrogens with zero attached hydrogens (tertiary/aromatic N) is 3. The number of anilines is 3. The maximum atomic E-state index is 6.00. The van der Waals surface area contributed by atoms with Gasteiger partial charge in [0.05, 0.1) is 0 Å². The predicted octanol–water partition coefficient (Wildman–Crippen LogP) is 4.28. The van der Waals surface area contributed by atoms with Crippen LogP contribution in [-0.2, 0) is 6.42 Å². The number of nitrogens with one attached hydrogen (secondary N) is 1. The van der Waals surface area contributed by atoms with Gasteiger partial charge in [0.1, 0.15) is 16.8 Å². The van der Waals surface area contributed by atoms with Gasteiger partial charge >= 0.3 is 0 Å². The van der Waals surface area contributed by atoms with Gasteiger partial charge < -0.3 is 10.2 Å². The van der Waals surface area contributed by atoms with Crippen LogP contribution in [0.4, 0.5) is 17.2 Å². The Morgan fingerprint density at radius 3 is 2.29 bits per heavy atom. The minimum absolute atomic E-state index is 0.462. The highest BCUT2D eigenvalue weighted by atomic mass is 35.5. The molecule has 2 aromatic rings.